The maximum Gasteiger partial charge on any atom is 0.317 e. The number of benzene rings is 3. The third-order valence-electron chi connectivity index (χ3n) is 6.47. The van der Waals surface area contributed by atoms with E-state index in [1.165, 1.54) is 12.1 Å². The Hall–Kier alpha value is -4.37. The highest BCUT2D eigenvalue weighted by Gasteiger charge is 2.28. The summed E-state index contributed by atoms with van der Waals surface area (Å²) in [4.78, 5) is 20.1. The van der Waals surface area contributed by atoms with E-state index in [2.05, 4.69) is 20.4 Å². The molecule has 1 atom stereocenters. The van der Waals surface area contributed by atoms with Crippen molar-refractivity contribution >= 4 is 23.2 Å². The predicted molar refractivity (Wildman–Crippen MR) is 137 cm³/mol. The number of anilines is 2. The summed E-state index contributed by atoms with van der Waals surface area (Å²) in [5.41, 5.74) is 4.69. The van der Waals surface area contributed by atoms with Crippen LogP contribution in [0.4, 0.5) is 16.1 Å². The Labute approximate surface area is 212 Å². The first-order valence-electron chi connectivity index (χ1n) is 12.1. The zero-order valence-corrected chi connectivity index (χ0v) is 19.9. The first-order valence-corrected chi connectivity index (χ1v) is 12.1. The highest BCUT2D eigenvalue weighted by molar-refractivity contribution is 6.16. The molecule has 2 aliphatic rings. The van der Waals surface area contributed by atoms with E-state index in [1.807, 2.05) is 54.6 Å². The summed E-state index contributed by atoms with van der Waals surface area (Å²) >= 11 is 0. The molecular formula is C28H24FN5O3. The van der Waals surface area contributed by atoms with Gasteiger partial charge in [0, 0.05) is 36.3 Å². The van der Waals surface area contributed by atoms with Gasteiger partial charge in [0.25, 0.3) is 5.89 Å². The summed E-state index contributed by atoms with van der Waals surface area (Å²) in [6.07, 6.45) is -0.721. The van der Waals surface area contributed by atoms with E-state index in [-0.39, 0.29) is 24.1 Å². The predicted octanol–water partition coefficient (Wildman–Crippen LogP) is 4.11. The first-order chi connectivity index (χ1) is 18.2. The summed E-state index contributed by atoms with van der Waals surface area (Å²) < 4.78 is 25.5. The van der Waals surface area contributed by atoms with Crippen LogP contribution < -0.4 is 10.2 Å². The van der Waals surface area contributed by atoms with Crippen molar-refractivity contribution in [2.24, 2.45) is 4.99 Å². The quantitative estimate of drug-likeness (QED) is 0.444. The minimum atomic E-state index is -0.929. The molecule has 8 nitrogen and oxygen atoms in total. The summed E-state index contributed by atoms with van der Waals surface area (Å²) in [5.74, 6) is -0.383. The lowest BCUT2D eigenvalue weighted by atomic mass is 9.96. The zero-order chi connectivity index (χ0) is 25.2. The largest absolute Gasteiger partial charge is 0.403 e. The molecule has 2 aliphatic heterocycles. The number of rotatable bonds is 5. The summed E-state index contributed by atoms with van der Waals surface area (Å²) in [6.45, 7) is 2.51. The molecule has 1 N–H and O–H groups in total. The number of aliphatic imine (C=N–C) groups is 1. The molecule has 4 aromatic rings. The van der Waals surface area contributed by atoms with E-state index in [0.717, 1.165) is 22.4 Å². The molecule has 1 saturated heterocycles. The van der Waals surface area contributed by atoms with Gasteiger partial charge in [0.15, 0.2) is 11.9 Å². The van der Waals surface area contributed by atoms with E-state index in [4.69, 9.17) is 14.1 Å². The van der Waals surface area contributed by atoms with Gasteiger partial charge in [-0.1, -0.05) is 59.7 Å². The van der Waals surface area contributed by atoms with Gasteiger partial charge >= 0.3 is 6.01 Å². The summed E-state index contributed by atoms with van der Waals surface area (Å²) in [6, 6.07) is 22.0. The number of fused-ring (bicyclic) bond motifs is 1. The van der Waals surface area contributed by atoms with Gasteiger partial charge in [0.05, 0.1) is 24.5 Å². The Balaban J connectivity index is 1.33. The van der Waals surface area contributed by atoms with Crippen LogP contribution in [-0.2, 0) is 16.0 Å². The molecule has 0 radical (unpaired) electrons. The highest BCUT2D eigenvalue weighted by Crippen LogP contribution is 2.32. The number of carbonyl (C=O) groups excluding carboxylic acids is 1. The standard InChI is InChI=1S/C28H24FN5O3/c29-20-10-11-23(34-12-14-36-15-13-34)22(17-20)27-32-33-28(37-27)31-26-24(35)16-19-8-4-5-9-21(19)25(30-26)18-6-2-1-3-7-18/h1-11,17,26H,12-16H2,(H,31,33). The molecule has 0 spiro atoms. The Morgan fingerprint density at radius 2 is 1.70 bits per heavy atom. The van der Waals surface area contributed by atoms with E-state index in [0.29, 0.717) is 37.6 Å². The van der Waals surface area contributed by atoms with Crippen LogP contribution in [0, 0.1) is 5.82 Å². The second-order valence-corrected chi connectivity index (χ2v) is 8.86. The molecule has 0 bridgehead atoms. The molecule has 6 rings (SSSR count). The van der Waals surface area contributed by atoms with Crippen molar-refractivity contribution in [3.63, 3.8) is 0 Å². The van der Waals surface area contributed by atoms with Crippen molar-refractivity contribution in [1.29, 1.82) is 0 Å². The fourth-order valence-corrected chi connectivity index (χ4v) is 4.67. The van der Waals surface area contributed by atoms with Crippen molar-refractivity contribution in [2.45, 2.75) is 12.6 Å². The minimum Gasteiger partial charge on any atom is -0.403 e. The SMILES string of the molecule is O=C1Cc2ccccc2C(c2ccccc2)=NC1Nc1nnc(-c2cc(F)ccc2N2CCOCC2)o1. The first kappa shape index (κ1) is 23.1. The van der Waals surface area contributed by atoms with Gasteiger partial charge in [-0.05, 0) is 23.8 Å². The molecule has 37 heavy (non-hydrogen) atoms. The minimum absolute atomic E-state index is 0.0349. The van der Waals surface area contributed by atoms with Crippen LogP contribution in [0.25, 0.3) is 11.5 Å². The third kappa shape index (κ3) is 4.73. The van der Waals surface area contributed by atoms with Crippen LogP contribution in [0.1, 0.15) is 16.7 Å². The molecule has 1 fully saturated rings. The number of ether oxygens (including phenoxy) is 1. The van der Waals surface area contributed by atoms with Gasteiger partial charge in [-0.25, -0.2) is 4.39 Å². The number of halogens is 1. The van der Waals surface area contributed by atoms with Crippen LogP contribution in [-0.4, -0.2) is 54.2 Å². The fraction of sp³-hybridized carbons (Fsp3) is 0.214. The number of nitrogens with zero attached hydrogens (tertiary/aromatic N) is 4. The maximum atomic E-state index is 14.2. The Bertz CT molecular complexity index is 1460. The summed E-state index contributed by atoms with van der Waals surface area (Å²) in [7, 11) is 0. The van der Waals surface area contributed by atoms with Crippen LogP contribution >= 0.6 is 0 Å². The van der Waals surface area contributed by atoms with Crippen LogP contribution in [0.5, 0.6) is 0 Å². The fourth-order valence-electron chi connectivity index (χ4n) is 4.67. The summed E-state index contributed by atoms with van der Waals surface area (Å²) in [5, 5.41) is 11.3. The van der Waals surface area contributed by atoms with E-state index in [1.54, 1.807) is 6.07 Å². The van der Waals surface area contributed by atoms with Crippen LogP contribution in [0.3, 0.4) is 0 Å². The Morgan fingerprint density at radius 1 is 0.919 bits per heavy atom. The van der Waals surface area contributed by atoms with Crippen LogP contribution in [0.2, 0.25) is 0 Å². The second-order valence-electron chi connectivity index (χ2n) is 8.86. The lowest BCUT2D eigenvalue weighted by molar-refractivity contribution is -0.119. The number of carbonyl (C=O) groups is 1. The van der Waals surface area contributed by atoms with Crippen molar-refractivity contribution in [3.8, 4) is 11.5 Å². The number of ketones is 1. The number of aromatic nitrogens is 2. The Kier molecular flexibility index (Phi) is 6.20. The van der Waals surface area contributed by atoms with E-state index in [9.17, 15) is 9.18 Å². The maximum absolute atomic E-state index is 14.2. The van der Waals surface area contributed by atoms with Gasteiger partial charge in [0.2, 0.25) is 0 Å². The Morgan fingerprint density at radius 3 is 2.54 bits per heavy atom. The zero-order valence-electron chi connectivity index (χ0n) is 19.9. The number of hydrogen-bond acceptors (Lipinski definition) is 8. The van der Waals surface area contributed by atoms with Crippen molar-refractivity contribution in [2.75, 3.05) is 36.5 Å². The van der Waals surface area contributed by atoms with Crippen molar-refractivity contribution in [1.82, 2.24) is 10.2 Å². The molecule has 0 aliphatic carbocycles. The normalized spacial score (nSPS) is 17.6. The molecule has 186 valence electrons. The van der Waals surface area contributed by atoms with Crippen LogP contribution in [0.15, 0.2) is 82.2 Å². The molecule has 1 aromatic heterocycles. The van der Waals surface area contributed by atoms with Gasteiger partial charge in [-0.2, -0.15) is 0 Å². The lowest BCUT2D eigenvalue weighted by Crippen LogP contribution is -2.36. The van der Waals surface area contributed by atoms with E-state index < -0.39 is 12.0 Å². The van der Waals surface area contributed by atoms with E-state index >= 15 is 0 Å². The monoisotopic (exact) mass is 497 g/mol. The molecule has 9 heteroatoms. The van der Waals surface area contributed by atoms with Crippen molar-refractivity contribution < 1.29 is 18.3 Å². The molecule has 0 saturated carbocycles. The molecular weight excluding hydrogens is 473 g/mol. The van der Waals surface area contributed by atoms with Gasteiger partial charge in [-0.3, -0.25) is 9.79 Å². The van der Waals surface area contributed by atoms with Gasteiger partial charge < -0.3 is 19.4 Å². The lowest BCUT2D eigenvalue weighted by Gasteiger charge is -2.30. The average molecular weight is 498 g/mol. The number of Topliss-reactive ketones (excluding diaryl/α,β-unsaturated/α-hetero) is 1. The molecule has 1 unspecified atom stereocenters. The topological polar surface area (TPSA) is 92.9 Å². The third-order valence-corrected chi connectivity index (χ3v) is 6.47. The molecule has 3 aromatic carbocycles. The van der Waals surface area contributed by atoms with Gasteiger partial charge in [0.1, 0.15) is 5.82 Å². The highest BCUT2D eigenvalue weighted by atomic mass is 19.1. The average Bonchev–Trinajstić information content (AvgIpc) is 3.35. The van der Waals surface area contributed by atoms with Gasteiger partial charge in [-0.15, -0.1) is 5.10 Å². The number of morpholine rings is 1. The molecule has 3 heterocycles. The molecule has 0 amide bonds. The van der Waals surface area contributed by atoms with Crippen molar-refractivity contribution in [3.05, 3.63) is 95.3 Å². The number of nitrogens with one attached hydrogen (secondary N) is 1. The smallest absolute Gasteiger partial charge is 0.317 e. The number of hydrogen-bond donors (Lipinski definition) is 1. The second kappa shape index (κ2) is 9.94.